The average molecular weight is 1410 g/mol. The first kappa shape index (κ1) is 67.6. The van der Waals surface area contributed by atoms with Gasteiger partial charge in [0.25, 0.3) is 0 Å². The van der Waals surface area contributed by atoms with Gasteiger partial charge in [-0.2, -0.15) is 4.39 Å². The molecule has 19 nitrogen and oxygen atoms in total. The van der Waals surface area contributed by atoms with Crippen molar-refractivity contribution in [3.63, 3.8) is 0 Å². The van der Waals surface area contributed by atoms with E-state index in [4.69, 9.17) is 0 Å². The summed E-state index contributed by atoms with van der Waals surface area (Å²) in [6.07, 6.45) is 20.2. The summed E-state index contributed by atoms with van der Waals surface area (Å²) in [5.74, 6) is 2.49. The first-order valence-corrected chi connectivity index (χ1v) is 38.1. The van der Waals surface area contributed by atoms with E-state index in [-0.39, 0.29) is 13.2 Å². The Labute approximate surface area is 610 Å². The van der Waals surface area contributed by atoms with Gasteiger partial charge in [0.1, 0.15) is 22.8 Å². The van der Waals surface area contributed by atoms with E-state index in [2.05, 4.69) is 225 Å². The minimum absolute atomic E-state index is 0.0570. The van der Waals surface area contributed by atoms with Gasteiger partial charge in [0.15, 0.2) is 0 Å². The second kappa shape index (κ2) is 30.6. The van der Waals surface area contributed by atoms with E-state index in [0.717, 1.165) is 128 Å². The van der Waals surface area contributed by atoms with Gasteiger partial charge in [0.2, 0.25) is 5.95 Å². The van der Waals surface area contributed by atoms with Crippen LogP contribution in [0, 0.1) is 29.6 Å². The van der Waals surface area contributed by atoms with Crippen molar-refractivity contribution in [2.45, 2.75) is 88.7 Å². The molecule has 6 aromatic heterocycles. The maximum absolute atomic E-state index is 13.1. The first-order chi connectivity index (χ1) is 51.2. The maximum atomic E-state index is 13.1. The van der Waals surface area contributed by atoms with Crippen molar-refractivity contribution in [2.24, 2.45) is 23.7 Å². The maximum Gasteiger partial charge on any atom is 0.212 e. The summed E-state index contributed by atoms with van der Waals surface area (Å²) >= 11 is 1.79. The number of hydrogen-bond donors (Lipinski definition) is 2. The van der Waals surface area contributed by atoms with E-state index < -0.39 is 5.95 Å². The third kappa shape index (κ3) is 14.9. The minimum atomic E-state index is -0.467. The molecule has 8 bridgehead atoms. The molecular formula is C83H88FN17O2S. The second-order valence-corrected chi connectivity index (χ2v) is 30.6. The predicted octanol–water partition coefficient (Wildman–Crippen LogP) is 14.1. The molecule has 12 fully saturated rings. The molecule has 6 aromatic carbocycles. The van der Waals surface area contributed by atoms with Crippen molar-refractivity contribution in [1.29, 1.82) is 0 Å². The fourth-order valence-electron chi connectivity index (χ4n) is 17.2. The quantitative estimate of drug-likeness (QED) is 0.0978. The number of rotatable bonds is 14. The molecule has 21 heteroatoms. The van der Waals surface area contributed by atoms with Gasteiger partial charge in [0.05, 0.1) is 67.0 Å². The number of aromatic nitrogens is 13. The molecule has 0 unspecified atom stereocenters. The monoisotopic (exact) mass is 1410 g/mol. The van der Waals surface area contributed by atoms with E-state index in [0.29, 0.717) is 30.1 Å². The molecule has 18 heterocycles. The third-order valence-electron chi connectivity index (χ3n) is 23.3. The lowest BCUT2D eigenvalue weighted by Gasteiger charge is -2.44. The smallest absolute Gasteiger partial charge is 0.212 e. The van der Waals surface area contributed by atoms with Gasteiger partial charge in [-0.15, -0.1) is 31.7 Å². The largest absolute Gasteiger partial charge is 0.392 e. The summed E-state index contributed by atoms with van der Waals surface area (Å²) in [5.41, 5.74) is 16.4. The fourth-order valence-corrected chi connectivity index (χ4v) is 18.2. The number of nitrogens with zero attached hydrogens (tertiary/aromatic N) is 17. The van der Waals surface area contributed by atoms with Crippen LogP contribution in [0.4, 0.5) is 4.39 Å². The van der Waals surface area contributed by atoms with E-state index in [9.17, 15) is 14.6 Å². The third-order valence-corrected chi connectivity index (χ3v) is 24.4. The van der Waals surface area contributed by atoms with E-state index in [1.807, 2.05) is 48.5 Å². The average Bonchev–Trinajstić information content (AvgIpc) is 1.56. The molecule has 12 aliphatic heterocycles. The van der Waals surface area contributed by atoms with Crippen molar-refractivity contribution >= 4 is 11.3 Å². The number of aliphatic hydroxyl groups is 2. The molecule has 0 amide bonds. The van der Waals surface area contributed by atoms with Crippen LogP contribution < -0.4 is 0 Å². The summed E-state index contributed by atoms with van der Waals surface area (Å²) in [7, 11) is 0. The van der Waals surface area contributed by atoms with Crippen molar-refractivity contribution in [3.05, 3.63) is 224 Å². The molecule has 0 spiro atoms. The Bertz CT molecular complexity index is 4830. The standard InChI is InChI=1S/2C22H24N4O.C20H20FN5.C19H20N4S/c27-15-16-3-1-4-18(11-16)19-5-2-6-20(12-19)21-13-26(24-23-21)22-14-25-9-7-17(22)8-10-25;27-15-16-4-6-17(7-5-16)19-2-1-3-20(12-19)21-13-26(24-23-21)22-14-25-10-8-18(22)9-11-25;21-20-5-4-17(11-22-20)15-2-1-3-16(10-15)18-12-26(24-23-18)19-13-25-8-6-14(19)7-9-25;1-2-4-15(5-3-1)18-6-7-19(24-18)16-12-23(21-20-16)17-13-22-10-8-14(17)9-11-22/h1-6,11-13,17,22,27H,7-10,14-15H2;1-7,12-13,18,22,27H,8-11,14-15H2;1-5,10-12,14,19H,6-9,13H2;1-7,12,14,17H,8-11,13H2/t2*22-;19-;17-/m0000/s1. The lowest BCUT2D eigenvalue weighted by molar-refractivity contribution is 0.0504. The van der Waals surface area contributed by atoms with Crippen LogP contribution >= 0.6 is 11.3 Å². The molecule has 2 N–H and O–H groups in total. The van der Waals surface area contributed by atoms with Crippen LogP contribution in [0.1, 0.15) is 86.7 Å². The highest BCUT2D eigenvalue weighted by molar-refractivity contribution is 7.18. The molecule has 104 heavy (non-hydrogen) atoms. The molecule has 0 aliphatic carbocycles. The van der Waals surface area contributed by atoms with E-state index in [1.165, 1.54) is 125 Å². The van der Waals surface area contributed by atoms with Crippen molar-refractivity contribution < 1.29 is 14.6 Å². The molecule has 530 valence electrons. The van der Waals surface area contributed by atoms with Crippen molar-refractivity contribution in [2.75, 3.05) is 78.5 Å². The molecule has 12 aromatic rings. The van der Waals surface area contributed by atoms with Crippen LogP contribution in [-0.4, -0.2) is 173 Å². The Morgan fingerprint density at radius 1 is 0.327 bits per heavy atom. The van der Waals surface area contributed by atoms with Crippen LogP contribution in [0.15, 0.2) is 207 Å². The Morgan fingerprint density at radius 3 is 1.09 bits per heavy atom. The number of pyridine rings is 1. The SMILES string of the molecule is Fc1ccc(-c2cccc(-c3cn([C@H]4CN5CCC4CC5)nn3)c2)cn1.OCc1ccc(-c2cccc(-c3cn([C@H]4CN5CCC4CC5)nn3)c2)cc1.OCc1cccc(-c2cccc(-c3cn([C@H]4CN5CCC4CC5)nn3)c2)c1.c1ccc(-c2ccc(-c3cn([C@H]4CN5CCC4CC5)nn3)s2)cc1. The van der Waals surface area contributed by atoms with Crippen LogP contribution in [0.3, 0.4) is 0 Å². The summed E-state index contributed by atoms with van der Waals surface area (Å²) in [5, 5.41) is 54.3. The zero-order valence-corrected chi connectivity index (χ0v) is 59.4. The molecule has 12 aliphatic rings. The fraction of sp³-hybridized carbons (Fsp3) is 0.361. The number of aliphatic hydroxyl groups excluding tert-OH is 2. The summed E-state index contributed by atoms with van der Waals surface area (Å²) < 4.78 is 21.4. The van der Waals surface area contributed by atoms with Crippen molar-refractivity contribution in [3.8, 4) is 88.2 Å². The minimum Gasteiger partial charge on any atom is -0.392 e. The molecular weight excluding hydrogens is 1320 g/mol. The van der Waals surface area contributed by atoms with Crippen LogP contribution in [0.5, 0.6) is 0 Å². The number of thiophene rings is 1. The lowest BCUT2D eigenvalue weighted by atomic mass is 9.84. The number of piperidine rings is 12. The number of benzene rings is 6. The molecule has 24 rings (SSSR count). The Morgan fingerprint density at radius 2 is 0.683 bits per heavy atom. The van der Waals surface area contributed by atoms with Crippen LogP contribution in [0.25, 0.3) is 88.2 Å². The molecule has 4 atom stereocenters. The van der Waals surface area contributed by atoms with Gasteiger partial charge in [-0.25, -0.2) is 23.7 Å². The van der Waals surface area contributed by atoms with Gasteiger partial charge < -0.3 is 29.8 Å². The normalized spacial score (nSPS) is 24.8. The summed E-state index contributed by atoms with van der Waals surface area (Å²) in [6.45, 7) is 14.4. The van der Waals surface area contributed by atoms with Crippen LogP contribution in [0.2, 0.25) is 0 Å². The summed E-state index contributed by atoms with van der Waals surface area (Å²) in [6, 6.07) is 60.8. The Kier molecular flexibility index (Phi) is 19.9. The number of halogens is 1. The zero-order valence-electron chi connectivity index (χ0n) is 58.6. The number of hydrogen-bond acceptors (Lipinski definition) is 16. The molecule has 0 radical (unpaired) electrons. The summed E-state index contributed by atoms with van der Waals surface area (Å²) in [4.78, 5) is 16.4. The van der Waals surface area contributed by atoms with Gasteiger partial charge in [0, 0.05) is 59.5 Å². The van der Waals surface area contributed by atoms with Crippen LogP contribution in [-0.2, 0) is 13.2 Å². The predicted molar refractivity (Wildman–Crippen MR) is 404 cm³/mol. The zero-order chi connectivity index (χ0) is 69.9. The van der Waals surface area contributed by atoms with Gasteiger partial charge in [-0.3, -0.25) is 0 Å². The highest BCUT2D eigenvalue weighted by Crippen LogP contribution is 2.42. The van der Waals surface area contributed by atoms with Gasteiger partial charge in [-0.05, 0) is 220 Å². The molecule has 12 saturated heterocycles. The Balaban J connectivity index is 0.000000103. The number of fused-ring (bicyclic) bond motifs is 12. The Hall–Kier alpha value is -9.58. The first-order valence-electron chi connectivity index (χ1n) is 37.3. The van der Waals surface area contributed by atoms with Gasteiger partial charge >= 0.3 is 0 Å². The molecule has 0 saturated carbocycles. The highest BCUT2D eigenvalue weighted by atomic mass is 32.1. The van der Waals surface area contributed by atoms with E-state index in [1.54, 1.807) is 23.6 Å². The van der Waals surface area contributed by atoms with Crippen molar-refractivity contribution in [1.82, 2.24) is 84.6 Å². The van der Waals surface area contributed by atoms with E-state index >= 15 is 0 Å². The second-order valence-electron chi connectivity index (χ2n) is 29.5. The topological polar surface area (TPSA) is 189 Å². The highest BCUT2D eigenvalue weighted by Gasteiger charge is 2.39. The van der Waals surface area contributed by atoms with Gasteiger partial charge in [-0.1, -0.05) is 148 Å². The lowest BCUT2D eigenvalue weighted by Crippen LogP contribution is -2.48.